The minimum absolute atomic E-state index is 0.0513. The molecule has 2 aliphatic rings. The second-order valence-corrected chi connectivity index (χ2v) is 6.41. The van der Waals surface area contributed by atoms with Gasteiger partial charge in [-0.25, -0.2) is 9.78 Å². The van der Waals surface area contributed by atoms with Crippen LogP contribution in [0.3, 0.4) is 0 Å². The molecular weight excluding hydrogens is 268 g/mol. The van der Waals surface area contributed by atoms with Gasteiger partial charge in [-0.05, 0) is 5.41 Å². The summed E-state index contributed by atoms with van der Waals surface area (Å²) in [5, 5.41) is 10.7. The number of imide groups is 1. The molecule has 1 saturated carbocycles. The average Bonchev–Trinajstić information content (AvgIpc) is 2.66. The number of amides is 2. The molecule has 2 fully saturated rings. The van der Waals surface area contributed by atoms with Crippen LogP contribution in [0.5, 0.6) is 0 Å². The highest BCUT2D eigenvalue weighted by Crippen LogP contribution is 2.63. The van der Waals surface area contributed by atoms with E-state index in [9.17, 15) is 14.4 Å². The first-order chi connectivity index (χ1) is 8.84. The van der Waals surface area contributed by atoms with E-state index in [2.05, 4.69) is 4.98 Å². The number of aromatic carboxylic acids is 1. The number of carbonyl (C=O) groups excluding carboxylic acids is 2. The van der Waals surface area contributed by atoms with Gasteiger partial charge in [-0.1, -0.05) is 13.8 Å². The number of piperidine rings is 1. The third kappa shape index (κ3) is 1.61. The van der Waals surface area contributed by atoms with Gasteiger partial charge in [-0.3, -0.25) is 14.5 Å². The molecule has 1 saturated heterocycles. The lowest BCUT2D eigenvalue weighted by molar-refractivity contribution is -0.143. The molecule has 2 heterocycles. The molecule has 0 spiro atoms. The molecule has 6 nitrogen and oxygen atoms in total. The van der Waals surface area contributed by atoms with E-state index < -0.39 is 5.97 Å². The number of carbonyl (C=O) groups is 3. The van der Waals surface area contributed by atoms with Gasteiger partial charge in [-0.2, -0.15) is 0 Å². The van der Waals surface area contributed by atoms with Gasteiger partial charge < -0.3 is 5.11 Å². The van der Waals surface area contributed by atoms with Crippen molar-refractivity contribution in [3.63, 3.8) is 0 Å². The Balaban J connectivity index is 1.77. The fourth-order valence-electron chi connectivity index (χ4n) is 2.78. The van der Waals surface area contributed by atoms with Crippen molar-refractivity contribution in [1.82, 2.24) is 9.88 Å². The predicted molar refractivity (Wildman–Crippen MR) is 65.4 cm³/mol. The molecule has 1 aliphatic carbocycles. The van der Waals surface area contributed by atoms with Crippen LogP contribution in [0.1, 0.15) is 29.3 Å². The van der Waals surface area contributed by atoms with E-state index >= 15 is 0 Å². The summed E-state index contributed by atoms with van der Waals surface area (Å²) in [6, 6.07) is 0. The highest BCUT2D eigenvalue weighted by molar-refractivity contribution is 7.09. The Hall–Kier alpha value is -1.76. The summed E-state index contributed by atoms with van der Waals surface area (Å²) in [5.74, 6) is -1.84. The first-order valence-corrected chi connectivity index (χ1v) is 6.75. The molecule has 0 radical (unpaired) electrons. The molecular formula is C12H12N2O4S. The Morgan fingerprint density at radius 1 is 1.42 bits per heavy atom. The lowest BCUT2D eigenvalue weighted by Gasteiger charge is -2.19. The lowest BCUT2D eigenvalue weighted by atomic mass is 10.1. The van der Waals surface area contributed by atoms with Crippen molar-refractivity contribution in [3.8, 4) is 0 Å². The minimum Gasteiger partial charge on any atom is -0.476 e. The van der Waals surface area contributed by atoms with Crippen molar-refractivity contribution in [2.45, 2.75) is 20.4 Å². The number of hydrogen-bond acceptors (Lipinski definition) is 5. The summed E-state index contributed by atoms with van der Waals surface area (Å²) in [4.78, 5) is 40.0. The van der Waals surface area contributed by atoms with Crippen LogP contribution in [0.25, 0.3) is 0 Å². The predicted octanol–water partition coefficient (Wildman–Crippen LogP) is 0.982. The molecule has 0 bridgehead atoms. The molecule has 1 aromatic rings. The highest BCUT2D eigenvalue weighted by Gasteiger charge is 2.72. The van der Waals surface area contributed by atoms with Crippen LogP contribution < -0.4 is 0 Å². The Morgan fingerprint density at radius 2 is 2.00 bits per heavy atom. The first-order valence-electron chi connectivity index (χ1n) is 5.87. The van der Waals surface area contributed by atoms with Crippen molar-refractivity contribution >= 4 is 29.1 Å². The lowest BCUT2D eigenvalue weighted by Crippen LogP contribution is -2.35. The van der Waals surface area contributed by atoms with E-state index in [1.54, 1.807) is 0 Å². The summed E-state index contributed by atoms with van der Waals surface area (Å²) >= 11 is 1.15. The second kappa shape index (κ2) is 3.63. The molecule has 1 N–H and O–H groups in total. The number of rotatable bonds is 3. The molecule has 2 amide bonds. The highest BCUT2D eigenvalue weighted by atomic mass is 32.1. The van der Waals surface area contributed by atoms with Crippen LogP contribution >= 0.6 is 11.3 Å². The molecule has 100 valence electrons. The van der Waals surface area contributed by atoms with Gasteiger partial charge in [0.2, 0.25) is 11.8 Å². The van der Waals surface area contributed by atoms with Crippen molar-refractivity contribution in [1.29, 1.82) is 0 Å². The average molecular weight is 280 g/mol. The molecule has 3 rings (SSSR count). The summed E-state index contributed by atoms with van der Waals surface area (Å²) in [6.45, 7) is 3.92. The third-order valence-electron chi connectivity index (χ3n) is 3.96. The number of likely N-dealkylation sites (tertiary alicyclic amines) is 1. The van der Waals surface area contributed by atoms with Gasteiger partial charge in [0.15, 0.2) is 5.69 Å². The molecule has 7 heteroatoms. The van der Waals surface area contributed by atoms with Gasteiger partial charge >= 0.3 is 5.97 Å². The number of thiazole rings is 1. The van der Waals surface area contributed by atoms with Crippen molar-refractivity contribution in [2.75, 3.05) is 0 Å². The van der Waals surface area contributed by atoms with Crippen LogP contribution in [0.15, 0.2) is 5.38 Å². The van der Waals surface area contributed by atoms with Crippen LogP contribution in [-0.4, -0.2) is 32.8 Å². The fraction of sp³-hybridized carbons (Fsp3) is 0.500. The van der Waals surface area contributed by atoms with Crippen LogP contribution in [0.4, 0.5) is 0 Å². The summed E-state index contributed by atoms with van der Waals surface area (Å²) in [7, 11) is 0. The van der Waals surface area contributed by atoms with Gasteiger partial charge in [0.05, 0.1) is 18.4 Å². The van der Waals surface area contributed by atoms with Crippen LogP contribution in [0.2, 0.25) is 0 Å². The van der Waals surface area contributed by atoms with E-state index in [0.29, 0.717) is 5.01 Å². The second-order valence-electron chi connectivity index (χ2n) is 5.47. The van der Waals surface area contributed by atoms with Crippen LogP contribution in [-0.2, 0) is 16.1 Å². The van der Waals surface area contributed by atoms with Crippen molar-refractivity contribution < 1.29 is 19.5 Å². The maximum atomic E-state index is 12.1. The number of carboxylic acids is 1. The fourth-order valence-corrected chi connectivity index (χ4v) is 3.53. The maximum Gasteiger partial charge on any atom is 0.355 e. The third-order valence-corrected chi connectivity index (χ3v) is 4.79. The summed E-state index contributed by atoms with van der Waals surface area (Å²) in [6.07, 6.45) is 0. The normalized spacial score (nSPS) is 27.6. The number of nitrogens with zero attached hydrogens (tertiary/aromatic N) is 2. The van der Waals surface area contributed by atoms with E-state index in [0.717, 1.165) is 11.3 Å². The summed E-state index contributed by atoms with van der Waals surface area (Å²) < 4.78 is 0. The Bertz CT molecular complexity index is 583. The molecule has 2 atom stereocenters. The summed E-state index contributed by atoms with van der Waals surface area (Å²) in [5.41, 5.74) is -0.274. The van der Waals surface area contributed by atoms with Crippen molar-refractivity contribution in [2.24, 2.45) is 17.3 Å². The van der Waals surface area contributed by atoms with Gasteiger partial charge in [-0.15, -0.1) is 11.3 Å². The molecule has 1 aliphatic heterocycles. The van der Waals surface area contributed by atoms with Crippen molar-refractivity contribution in [3.05, 3.63) is 16.1 Å². The van der Waals surface area contributed by atoms with E-state index in [4.69, 9.17) is 5.11 Å². The first kappa shape index (κ1) is 12.3. The zero-order valence-electron chi connectivity index (χ0n) is 10.4. The number of aromatic nitrogens is 1. The molecule has 19 heavy (non-hydrogen) atoms. The Labute approximate surface area is 113 Å². The van der Waals surface area contributed by atoms with Gasteiger partial charge in [0.1, 0.15) is 5.01 Å². The van der Waals surface area contributed by atoms with Crippen LogP contribution in [0, 0.1) is 17.3 Å². The topological polar surface area (TPSA) is 87.6 Å². The monoisotopic (exact) mass is 280 g/mol. The van der Waals surface area contributed by atoms with E-state index in [-0.39, 0.29) is 41.3 Å². The zero-order valence-corrected chi connectivity index (χ0v) is 11.2. The molecule has 0 aromatic carbocycles. The molecule has 2 unspecified atom stereocenters. The number of carboxylic acid groups (broad SMARTS) is 1. The van der Waals surface area contributed by atoms with Gasteiger partial charge in [0.25, 0.3) is 0 Å². The zero-order chi connectivity index (χ0) is 13.9. The molecule has 1 aromatic heterocycles. The quantitative estimate of drug-likeness (QED) is 0.834. The Kier molecular flexibility index (Phi) is 2.35. The number of hydrogen-bond donors (Lipinski definition) is 1. The SMILES string of the molecule is CC1(C)C2C(=O)N(Cc3nc(C(=O)O)cs3)C(=O)C21. The van der Waals surface area contributed by atoms with E-state index in [1.165, 1.54) is 10.3 Å². The minimum atomic E-state index is -1.11. The number of fused-ring (bicyclic) bond motifs is 1. The smallest absolute Gasteiger partial charge is 0.355 e. The van der Waals surface area contributed by atoms with E-state index in [1.807, 2.05) is 13.8 Å². The largest absolute Gasteiger partial charge is 0.476 e. The Morgan fingerprint density at radius 3 is 2.47 bits per heavy atom. The standard InChI is InChI=1S/C12H12N2O4S/c1-12(2)7-8(12)10(16)14(9(7)15)3-6-13-5(4-19-6)11(17)18/h4,7-8H,3H2,1-2H3,(H,17,18). The maximum absolute atomic E-state index is 12.1. The van der Waals surface area contributed by atoms with Gasteiger partial charge in [0, 0.05) is 5.38 Å².